The Balaban J connectivity index is 1.65. The zero-order chi connectivity index (χ0) is 23.2. The lowest BCUT2D eigenvalue weighted by Crippen LogP contribution is -2.04. The maximum atomic E-state index is 13.4. The Morgan fingerprint density at radius 1 is 0.970 bits per heavy atom. The van der Waals surface area contributed by atoms with Crippen molar-refractivity contribution < 1.29 is 17.6 Å². The molecule has 0 saturated carbocycles. The van der Waals surface area contributed by atoms with Crippen LogP contribution in [0.5, 0.6) is 0 Å². The number of para-hydroxylation sites is 1. The highest BCUT2D eigenvalue weighted by molar-refractivity contribution is 5.86. The monoisotopic (exact) mass is 445 g/mol. The van der Waals surface area contributed by atoms with Crippen molar-refractivity contribution in [3.63, 3.8) is 0 Å². The van der Waals surface area contributed by atoms with Gasteiger partial charge in [0, 0.05) is 18.2 Å². The Labute approximate surface area is 185 Å². The number of halogens is 3. The van der Waals surface area contributed by atoms with Crippen LogP contribution < -0.4 is 0 Å². The summed E-state index contributed by atoms with van der Waals surface area (Å²) in [6.45, 7) is 7.34. The van der Waals surface area contributed by atoms with Gasteiger partial charge in [-0.15, -0.1) is 10.2 Å². The molecule has 0 aliphatic carbocycles. The topological polar surface area (TPSA) is 61.1 Å². The zero-order valence-electron chi connectivity index (χ0n) is 17.1. The fourth-order valence-electron chi connectivity index (χ4n) is 3.68. The molecule has 9 heteroatoms. The SMILES string of the molecule is [C-]#[N+]c1ccc(-c2cccc(-c3nc4cccc(C(F)(F)F)c4o3)c2)c(-c2nncn2C)c1. The van der Waals surface area contributed by atoms with E-state index in [-0.39, 0.29) is 17.0 Å². The van der Waals surface area contributed by atoms with E-state index in [0.29, 0.717) is 22.6 Å². The molecule has 2 heterocycles. The van der Waals surface area contributed by atoms with Crippen molar-refractivity contribution in [2.24, 2.45) is 7.05 Å². The largest absolute Gasteiger partial charge is 0.435 e. The van der Waals surface area contributed by atoms with Gasteiger partial charge in [0.2, 0.25) is 5.89 Å². The van der Waals surface area contributed by atoms with Gasteiger partial charge in [-0.1, -0.05) is 30.3 Å². The second kappa shape index (κ2) is 7.60. The summed E-state index contributed by atoms with van der Waals surface area (Å²) in [7, 11) is 1.80. The van der Waals surface area contributed by atoms with Gasteiger partial charge in [-0.3, -0.25) is 0 Å². The Hall–Kier alpha value is -4.45. The van der Waals surface area contributed by atoms with Crippen molar-refractivity contribution in [3.8, 4) is 34.0 Å². The highest BCUT2D eigenvalue weighted by Gasteiger charge is 2.34. The molecule has 0 bridgehead atoms. The molecule has 0 radical (unpaired) electrons. The molecule has 3 aromatic carbocycles. The van der Waals surface area contributed by atoms with Crippen molar-refractivity contribution in [1.29, 1.82) is 0 Å². The van der Waals surface area contributed by atoms with Crippen molar-refractivity contribution in [2.45, 2.75) is 6.18 Å². The predicted molar refractivity (Wildman–Crippen MR) is 116 cm³/mol. The second-order valence-electron chi connectivity index (χ2n) is 7.36. The fraction of sp³-hybridized carbons (Fsp3) is 0.0833. The van der Waals surface area contributed by atoms with Gasteiger partial charge in [0.25, 0.3) is 0 Å². The third-order valence-corrected chi connectivity index (χ3v) is 5.23. The number of alkyl halides is 3. The molecular weight excluding hydrogens is 431 g/mol. The Bertz CT molecular complexity index is 1540. The summed E-state index contributed by atoms with van der Waals surface area (Å²) in [5, 5.41) is 8.09. The van der Waals surface area contributed by atoms with Crippen LogP contribution in [0.25, 0.3) is 49.9 Å². The molecule has 5 aromatic rings. The van der Waals surface area contributed by atoms with E-state index in [9.17, 15) is 13.2 Å². The van der Waals surface area contributed by atoms with Crippen LogP contribution in [0.1, 0.15) is 5.56 Å². The van der Waals surface area contributed by atoms with Crippen molar-refractivity contribution in [1.82, 2.24) is 19.7 Å². The summed E-state index contributed by atoms with van der Waals surface area (Å²) in [6, 6.07) is 16.1. The van der Waals surface area contributed by atoms with Crippen LogP contribution in [0, 0.1) is 6.57 Å². The summed E-state index contributed by atoms with van der Waals surface area (Å²) in [6.07, 6.45) is -2.98. The molecule has 0 fully saturated rings. The van der Waals surface area contributed by atoms with E-state index in [1.54, 1.807) is 48.3 Å². The molecule has 0 aliphatic heterocycles. The van der Waals surface area contributed by atoms with Crippen LogP contribution in [0.3, 0.4) is 0 Å². The molecule has 0 atom stereocenters. The van der Waals surface area contributed by atoms with E-state index < -0.39 is 11.7 Å². The van der Waals surface area contributed by atoms with Gasteiger partial charge >= 0.3 is 6.18 Å². The molecule has 2 aromatic heterocycles. The van der Waals surface area contributed by atoms with Gasteiger partial charge in [0.05, 0.1) is 6.57 Å². The minimum absolute atomic E-state index is 0.0848. The van der Waals surface area contributed by atoms with E-state index in [1.165, 1.54) is 12.1 Å². The van der Waals surface area contributed by atoms with E-state index in [0.717, 1.165) is 17.2 Å². The summed E-state index contributed by atoms with van der Waals surface area (Å²) in [5.41, 5.74) is 2.19. The van der Waals surface area contributed by atoms with Crippen LogP contribution in [-0.4, -0.2) is 19.7 Å². The summed E-state index contributed by atoms with van der Waals surface area (Å²) in [5.74, 6) is 0.666. The van der Waals surface area contributed by atoms with E-state index in [1.807, 2.05) is 12.1 Å². The molecule has 162 valence electrons. The Morgan fingerprint density at radius 2 is 1.76 bits per heavy atom. The van der Waals surface area contributed by atoms with E-state index in [4.69, 9.17) is 11.0 Å². The van der Waals surface area contributed by atoms with Crippen LogP contribution >= 0.6 is 0 Å². The molecule has 6 nitrogen and oxygen atoms in total. The molecule has 5 rings (SSSR count). The lowest BCUT2D eigenvalue weighted by Gasteiger charge is -2.11. The van der Waals surface area contributed by atoms with E-state index >= 15 is 0 Å². The average Bonchev–Trinajstić information content (AvgIpc) is 3.44. The molecule has 0 N–H and O–H groups in total. The van der Waals surface area contributed by atoms with Crippen molar-refractivity contribution >= 4 is 16.8 Å². The van der Waals surface area contributed by atoms with E-state index in [2.05, 4.69) is 20.0 Å². The summed E-state index contributed by atoms with van der Waals surface area (Å²) < 4.78 is 47.4. The molecule has 33 heavy (non-hydrogen) atoms. The third-order valence-electron chi connectivity index (χ3n) is 5.23. The maximum Gasteiger partial charge on any atom is 0.420 e. The number of hydrogen-bond acceptors (Lipinski definition) is 4. The smallest absolute Gasteiger partial charge is 0.420 e. The standard InChI is InChI=1S/C24H14F3N5O/c1-28-16-9-10-17(18(12-16)22-31-29-13-32(22)2)14-5-3-6-15(11-14)23-30-20-8-4-7-19(21(20)33-23)24(25,26)27/h3-13H,2H3. The van der Waals surface area contributed by atoms with Gasteiger partial charge in [-0.2, -0.15) is 13.2 Å². The number of aromatic nitrogens is 4. The normalized spacial score (nSPS) is 11.6. The van der Waals surface area contributed by atoms with Crippen LogP contribution in [0.2, 0.25) is 0 Å². The summed E-state index contributed by atoms with van der Waals surface area (Å²) in [4.78, 5) is 7.77. The first-order valence-corrected chi connectivity index (χ1v) is 9.78. The molecule has 0 aliphatic rings. The Morgan fingerprint density at radius 3 is 2.48 bits per heavy atom. The number of oxazole rings is 1. The van der Waals surface area contributed by atoms with Gasteiger partial charge in [0.1, 0.15) is 17.4 Å². The number of nitrogens with zero attached hydrogens (tertiary/aromatic N) is 5. The van der Waals surface area contributed by atoms with Gasteiger partial charge < -0.3 is 8.98 Å². The van der Waals surface area contributed by atoms with Crippen LogP contribution in [-0.2, 0) is 13.2 Å². The minimum atomic E-state index is -4.55. The van der Waals surface area contributed by atoms with Gasteiger partial charge in [0.15, 0.2) is 17.1 Å². The van der Waals surface area contributed by atoms with Crippen molar-refractivity contribution in [2.75, 3.05) is 0 Å². The lowest BCUT2D eigenvalue weighted by atomic mass is 9.97. The molecule has 0 spiro atoms. The van der Waals surface area contributed by atoms with Gasteiger partial charge in [-0.05, 0) is 41.5 Å². The minimum Gasteiger partial charge on any atom is -0.435 e. The molecule has 0 amide bonds. The fourth-order valence-corrected chi connectivity index (χ4v) is 3.68. The molecular formula is C24H14F3N5O. The lowest BCUT2D eigenvalue weighted by molar-refractivity contribution is -0.136. The number of hydrogen-bond donors (Lipinski definition) is 0. The summed E-state index contributed by atoms with van der Waals surface area (Å²) >= 11 is 0. The number of benzene rings is 3. The molecule has 0 unspecified atom stereocenters. The first kappa shape index (κ1) is 20.5. The van der Waals surface area contributed by atoms with Crippen LogP contribution in [0.15, 0.2) is 71.4 Å². The number of aryl methyl sites for hydroxylation is 1. The quantitative estimate of drug-likeness (QED) is 0.296. The van der Waals surface area contributed by atoms with Crippen LogP contribution in [0.4, 0.5) is 18.9 Å². The third kappa shape index (κ3) is 3.61. The zero-order valence-corrected chi connectivity index (χ0v) is 17.1. The second-order valence-corrected chi connectivity index (χ2v) is 7.36. The highest BCUT2D eigenvalue weighted by Crippen LogP contribution is 2.38. The molecule has 0 saturated heterocycles. The number of fused-ring (bicyclic) bond motifs is 1. The van der Waals surface area contributed by atoms with Crippen molar-refractivity contribution in [3.05, 3.63) is 84.0 Å². The highest BCUT2D eigenvalue weighted by atomic mass is 19.4. The first-order chi connectivity index (χ1) is 15.8. The average molecular weight is 445 g/mol. The maximum absolute atomic E-state index is 13.4. The van der Waals surface area contributed by atoms with Gasteiger partial charge in [-0.25, -0.2) is 9.83 Å². The number of rotatable bonds is 3. The first-order valence-electron chi connectivity index (χ1n) is 9.78. The predicted octanol–water partition coefficient (Wildman–Crippen LogP) is 6.53. The Kier molecular flexibility index (Phi) is 4.71.